The van der Waals surface area contributed by atoms with Crippen molar-refractivity contribution in [3.05, 3.63) is 11.6 Å². The van der Waals surface area contributed by atoms with E-state index >= 15 is 0 Å². The minimum atomic E-state index is -0.395. The second-order valence-electron chi connectivity index (χ2n) is 7.12. The summed E-state index contributed by atoms with van der Waals surface area (Å²) in [5, 5.41) is 10.4. The third kappa shape index (κ3) is 3.10. The van der Waals surface area contributed by atoms with E-state index in [2.05, 4.69) is 33.8 Å². The van der Waals surface area contributed by atoms with Gasteiger partial charge in [0.2, 0.25) is 0 Å². The summed E-state index contributed by atoms with van der Waals surface area (Å²) in [6.45, 7) is 9.57. The maximum atomic E-state index is 10.4. The highest BCUT2D eigenvalue weighted by atomic mass is 16.6. The van der Waals surface area contributed by atoms with Crippen LogP contribution in [0.25, 0.3) is 0 Å². The first-order valence-electron chi connectivity index (χ1n) is 7.92. The molecule has 1 spiro atoms. The molecule has 0 radical (unpaired) electrons. The summed E-state index contributed by atoms with van der Waals surface area (Å²) >= 11 is 0. The summed E-state index contributed by atoms with van der Waals surface area (Å²) in [4.78, 5) is 0. The molecule has 0 aromatic carbocycles. The molecule has 0 aromatic rings. The number of hydrogen-bond acceptors (Lipinski definition) is 3. The summed E-state index contributed by atoms with van der Waals surface area (Å²) in [5.41, 5.74) is 1.25. The van der Waals surface area contributed by atoms with E-state index in [1.54, 1.807) is 7.11 Å². The minimum absolute atomic E-state index is 0.0717. The van der Waals surface area contributed by atoms with Gasteiger partial charge in [0.05, 0.1) is 18.8 Å². The minimum Gasteiger partial charge on any atom is -0.390 e. The van der Waals surface area contributed by atoms with Crippen LogP contribution in [0.15, 0.2) is 11.6 Å². The van der Waals surface area contributed by atoms with Gasteiger partial charge in [-0.2, -0.15) is 0 Å². The molecule has 1 aliphatic carbocycles. The molecule has 2 rings (SSSR count). The van der Waals surface area contributed by atoms with E-state index in [1.165, 1.54) is 12.0 Å². The summed E-state index contributed by atoms with van der Waals surface area (Å²) in [6, 6.07) is 0. The fourth-order valence-electron chi connectivity index (χ4n) is 3.72. The van der Waals surface area contributed by atoms with E-state index < -0.39 is 6.10 Å². The van der Waals surface area contributed by atoms with Crippen LogP contribution in [0.3, 0.4) is 0 Å². The van der Waals surface area contributed by atoms with Crippen LogP contribution in [-0.4, -0.2) is 36.6 Å². The van der Waals surface area contributed by atoms with Crippen molar-refractivity contribution in [2.24, 2.45) is 17.8 Å². The van der Waals surface area contributed by atoms with E-state index in [9.17, 15) is 5.11 Å². The molecule has 2 fully saturated rings. The molecule has 1 saturated heterocycles. The molecule has 116 valence electrons. The van der Waals surface area contributed by atoms with Crippen molar-refractivity contribution in [1.82, 2.24) is 0 Å². The average Bonchev–Trinajstić information content (AvgIpc) is 3.13. The van der Waals surface area contributed by atoms with Gasteiger partial charge in [0.1, 0.15) is 5.60 Å². The third-order valence-corrected chi connectivity index (χ3v) is 4.97. The van der Waals surface area contributed by atoms with Crippen LogP contribution in [0.5, 0.6) is 0 Å². The van der Waals surface area contributed by atoms with Crippen LogP contribution in [0.4, 0.5) is 0 Å². The zero-order chi connectivity index (χ0) is 14.9. The average molecular weight is 282 g/mol. The Hall–Kier alpha value is -0.380. The first kappa shape index (κ1) is 16.0. The molecule has 0 amide bonds. The predicted molar refractivity (Wildman–Crippen MR) is 80.6 cm³/mol. The van der Waals surface area contributed by atoms with Crippen LogP contribution in [0, 0.1) is 17.8 Å². The number of allylic oxidation sites excluding steroid dienone is 1. The van der Waals surface area contributed by atoms with Gasteiger partial charge in [-0.15, -0.1) is 0 Å². The lowest BCUT2D eigenvalue weighted by atomic mass is 9.68. The Balaban J connectivity index is 2.13. The smallest absolute Gasteiger partial charge is 0.101 e. The zero-order valence-electron chi connectivity index (χ0n) is 13.6. The van der Waals surface area contributed by atoms with Crippen LogP contribution in [0.1, 0.15) is 47.0 Å². The standard InChI is InChI=1S/C17H30O3/c1-11(2)7-6-8-12(3)14-16(19-5)15(18)13(4)9-17(14)10-20-17/h8,11,13-16,18H,6-7,9-10H2,1-5H3/b12-8+/t13-,14-,15+,16-,17-/m0/s1. The number of aliphatic hydroxyl groups is 1. The molecule has 1 heterocycles. The first-order chi connectivity index (χ1) is 9.41. The molecule has 1 N–H and O–H groups in total. The van der Waals surface area contributed by atoms with E-state index in [4.69, 9.17) is 9.47 Å². The molecule has 5 atom stereocenters. The molecule has 1 aliphatic heterocycles. The predicted octanol–water partition coefficient (Wildman–Crippen LogP) is 3.17. The molecule has 0 unspecified atom stereocenters. The van der Waals surface area contributed by atoms with Crippen LogP contribution >= 0.6 is 0 Å². The van der Waals surface area contributed by atoms with Crippen molar-refractivity contribution in [3.8, 4) is 0 Å². The Morgan fingerprint density at radius 3 is 2.65 bits per heavy atom. The third-order valence-electron chi connectivity index (χ3n) is 4.97. The van der Waals surface area contributed by atoms with Crippen molar-refractivity contribution in [1.29, 1.82) is 0 Å². The molecular formula is C17H30O3. The zero-order valence-corrected chi connectivity index (χ0v) is 13.6. The highest BCUT2D eigenvalue weighted by Crippen LogP contribution is 2.51. The number of aliphatic hydroxyl groups excluding tert-OH is 1. The lowest BCUT2D eigenvalue weighted by molar-refractivity contribution is -0.109. The fraction of sp³-hybridized carbons (Fsp3) is 0.882. The van der Waals surface area contributed by atoms with Crippen LogP contribution < -0.4 is 0 Å². The molecule has 20 heavy (non-hydrogen) atoms. The van der Waals surface area contributed by atoms with Gasteiger partial charge in [0, 0.05) is 13.0 Å². The van der Waals surface area contributed by atoms with Gasteiger partial charge in [-0.05, 0) is 38.0 Å². The summed E-state index contributed by atoms with van der Waals surface area (Å²) < 4.78 is 11.5. The van der Waals surface area contributed by atoms with Gasteiger partial charge in [-0.25, -0.2) is 0 Å². The van der Waals surface area contributed by atoms with Crippen molar-refractivity contribution in [3.63, 3.8) is 0 Å². The van der Waals surface area contributed by atoms with Crippen LogP contribution in [0.2, 0.25) is 0 Å². The maximum Gasteiger partial charge on any atom is 0.101 e. The van der Waals surface area contributed by atoms with Crippen LogP contribution in [-0.2, 0) is 9.47 Å². The highest BCUT2D eigenvalue weighted by Gasteiger charge is 2.60. The fourth-order valence-corrected chi connectivity index (χ4v) is 3.72. The van der Waals surface area contributed by atoms with E-state index in [-0.39, 0.29) is 23.5 Å². The van der Waals surface area contributed by atoms with Gasteiger partial charge in [-0.1, -0.05) is 32.4 Å². The highest BCUT2D eigenvalue weighted by molar-refractivity contribution is 5.21. The molecule has 0 bridgehead atoms. The maximum absolute atomic E-state index is 10.4. The number of methoxy groups -OCH3 is 1. The van der Waals surface area contributed by atoms with Gasteiger partial charge in [0.25, 0.3) is 0 Å². The molecule has 3 nitrogen and oxygen atoms in total. The Kier molecular flexibility index (Phi) is 4.93. The van der Waals surface area contributed by atoms with E-state index in [0.29, 0.717) is 0 Å². The Labute approximate surface area is 123 Å². The van der Waals surface area contributed by atoms with E-state index in [0.717, 1.165) is 25.4 Å². The number of rotatable bonds is 5. The molecule has 1 saturated carbocycles. The van der Waals surface area contributed by atoms with Crippen molar-refractivity contribution >= 4 is 0 Å². The Bertz CT molecular complexity index is 357. The lowest BCUT2D eigenvalue weighted by Gasteiger charge is -2.43. The second kappa shape index (κ2) is 6.17. The Morgan fingerprint density at radius 1 is 1.50 bits per heavy atom. The van der Waals surface area contributed by atoms with Gasteiger partial charge < -0.3 is 14.6 Å². The normalized spacial score (nSPS) is 41.5. The Morgan fingerprint density at radius 2 is 2.15 bits per heavy atom. The summed E-state index contributed by atoms with van der Waals surface area (Å²) in [6.07, 6.45) is 5.02. The van der Waals surface area contributed by atoms with Gasteiger partial charge in [-0.3, -0.25) is 0 Å². The molecule has 0 aromatic heterocycles. The number of hydrogen-bond donors (Lipinski definition) is 1. The topological polar surface area (TPSA) is 42.0 Å². The monoisotopic (exact) mass is 282 g/mol. The van der Waals surface area contributed by atoms with Crippen molar-refractivity contribution in [2.75, 3.05) is 13.7 Å². The second-order valence-corrected chi connectivity index (χ2v) is 7.12. The number of epoxide rings is 1. The van der Waals surface area contributed by atoms with Crippen molar-refractivity contribution < 1.29 is 14.6 Å². The molecule has 3 heteroatoms. The largest absolute Gasteiger partial charge is 0.390 e. The first-order valence-corrected chi connectivity index (χ1v) is 7.92. The molecule has 2 aliphatic rings. The lowest BCUT2D eigenvalue weighted by Crippen LogP contribution is -2.52. The van der Waals surface area contributed by atoms with Gasteiger partial charge >= 0.3 is 0 Å². The van der Waals surface area contributed by atoms with Crippen molar-refractivity contribution in [2.45, 2.75) is 64.8 Å². The SMILES string of the molecule is CO[C@@H]1[C@H](O)[C@@H](C)C[C@]2(CO2)[C@H]1/C(C)=C/CCC(C)C. The molecular weight excluding hydrogens is 252 g/mol. The van der Waals surface area contributed by atoms with Gasteiger partial charge in [0.15, 0.2) is 0 Å². The van der Waals surface area contributed by atoms with E-state index in [1.807, 2.05) is 0 Å². The quantitative estimate of drug-likeness (QED) is 0.622. The summed E-state index contributed by atoms with van der Waals surface area (Å²) in [7, 11) is 1.70. The summed E-state index contributed by atoms with van der Waals surface area (Å²) in [5.74, 6) is 1.16. The number of ether oxygens (including phenoxy) is 2.